The van der Waals surface area contributed by atoms with Crippen molar-refractivity contribution in [2.24, 2.45) is 0 Å². The lowest BCUT2D eigenvalue weighted by Crippen LogP contribution is -2.09. The van der Waals surface area contributed by atoms with Gasteiger partial charge < -0.3 is 10.4 Å². The zero-order valence-corrected chi connectivity index (χ0v) is 6.70. The lowest BCUT2D eigenvalue weighted by molar-refractivity contribution is 0.467. The summed E-state index contributed by atoms with van der Waals surface area (Å²) < 4.78 is 0. The third kappa shape index (κ3) is 1.38. The first-order valence-corrected chi connectivity index (χ1v) is 4.08. The monoisotopic (exact) mass is 165 g/mol. The van der Waals surface area contributed by atoms with Crippen LogP contribution in [0.2, 0.25) is 0 Å². The van der Waals surface area contributed by atoms with Gasteiger partial charge in [-0.15, -0.1) is 0 Å². The minimum Gasteiger partial charge on any atom is -0.505 e. The Hall–Kier alpha value is -1.16. The van der Waals surface area contributed by atoms with E-state index in [2.05, 4.69) is 15.3 Å². The van der Waals surface area contributed by atoms with Gasteiger partial charge in [0, 0.05) is 12.5 Å². The fourth-order valence-corrected chi connectivity index (χ4v) is 1.42. The van der Waals surface area contributed by atoms with Gasteiger partial charge in [-0.1, -0.05) is 0 Å². The highest BCUT2D eigenvalue weighted by Gasteiger charge is 2.18. The molecule has 12 heavy (non-hydrogen) atoms. The van der Waals surface area contributed by atoms with Crippen LogP contribution in [0.5, 0.6) is 5.75 Å². The Balaban J connectivity index is 2.17. The Morgan fingerprint density at radius 2 is 2.17 bits per heavy atom. The van der Waals surface area contributed by atoms with Crippen molar-refractivity contribution in [2.75, 3.05) is 13.1 Å². The van der Waals surface area contributed by atoms with Gasteiger partial charge in [0.05, 0.1) is 12.4 Å². The topological polar surface area (TPSA) is 58.0 Å². The largest absolute Gasteiger partial charge is 0.505 e. The van der Waals surface area contributed by atoms with Crippen molar-refractivity contribution in [2.45, 2.75) is 12.3 Å². The Bertz CT molecular complexity index is 254. The second kappa shape index (κ2) is 3.06. The zero-order chi connectivity index (χ0) is 8.39. The first kappa shape index (κ1) is 7.49. The highest BCUT2D eigenvalue weighted by atomic mass is 16.3. The SMILES string of the molecule is Oc1cnc(C2CCNC2)nc1. The molecule has 0 aliphatic carbocycles. The maximum Gasteiger partial charge on any atom is 0.152 e. The van der Waals surface area contributed by atoms with Crippen molar-refractivity contribution in [3.05, 3.63) is 18.2 Å². The van der Waals surface area contributed by atoms with E-state index < -0.39 is 0 Å². The van der Waals surface area contributed by atoms with Gasteiger partial charge in [0.1, 0.15) is 5.82 Å². The molecule has 0 radical (unpaired) electrons. The molecule has 0 amide bonds. The van der Waals surface area contributed by atoms with Crippen LogP contribution in [0.15, 0.2) is 12.4 Å². The second-order valence-electron chi connectivity index (χ2n) is 2.99. The normalized spacial score (nSPS) is 22.8. The summed E-state index contributed by atoms with van der Waals surface area (Å²) in [6.45, 7) is 1.99. The minimum absolute atomic E-state index is 0.129. The number of hydrogen-bond acceptors (Lipinski definition) is 4. The van der Waals surface area contributed by atoms with Crippen molar-refractivity contribution in [1.29, 1.82) is 0 Å². The summed E-state index contributed by atoms with van der Waals surface area (Å²) in [5.41, 5.74) is 0. The van der Waals surface area contributed by atoms with Gasteiger partial charge in [-0.3, -0.25) is 0 Å². The molecule has 0 aromatic carbocycles. The number of rotatable bonds is 1. The molecule has 1 aromatic heterocycles. The smallest absolute Gasteiger partial charge is 0.152 e. The zero-order valence-electron chi connectivity index (χ0n) is 6.70. The van der Waals surface area contributed by atoms with Crippen molar-refractivity contribution >= 4 is 0 Å². The molecule has 0 saturated carbocycles. The molecule has 2 heterocycles. The van der Waals surface area contributed by atoms with Gasteiger partial charge in [0.25, 0.3) is 0 Å². The van der Waals surface area contributed by atoms with Gasteiger partial charge in [0.2, 0.25) is 0 Å². The van der Waals surface area contributed by atoms with Crippen molar-refractivity contribution in [1.82, 2.24) is 15.3 Å². The number of nitrogens with one attached hydrogen (secondary N) is 1. The summed E-state index contributed by atoms with van der Waals surface area (Å²) in [4.78, 5) is 8.12. The summed E-state index contributed by atoms with van der Waals surface area (Å²) in [6, 6.07) is 0. The summed E-state index contributed by atoms with van der Waals surface area (Å²) in [5, 5.41) is 12.2. The molecule has 1 atom stereocenters. The van der Waals surface area contributed by atoms with Gasteiger partial charge in [0.15, 0.2) is 5.75 Å². The number of nitrogens with zero attached hydrogens (tertiary/aromatic N) is 2. The predicted molar refractivity (Wildman–Crippen MR) is 43.9 cm³/mol. The Kier molecular flexibility index (Phi) is 1.91. The highest BCUT2D eigenvalue weighted by Crippen LogP contribution is 2.18. The fourth-order valence-electron chi connectivity index (χ4n) is 1.42. The summed E-state index contributed by atoms with van der Waals surface area (Å²) in [6.07, 6.45) is 3.98. The van der Waals surface area contributed by atoms with Gasteiger partial charge in [-0.25, -0.2) is 9.97 Å². The van der Waals surface area contributed by atoms with Crippen LogP contribution >= 0.6 is 0 Å². The molecule has 4 heteroatoms. The first-order chi connectivity index (χ1) is 5.86. The summed E-state index contributed by atoms with van der Waals surface area (Å²) in [7, 11) is 0. The van der Waals surface area contributed by atoms with E-state index >= 15 is 0 Å². The highest BCUT2D eigenvalue weighted by molar-refractivity contribution is 5.12. The molecule has 1 aromatic rings. The number of hydrogen-bond donors (Lipinski definition) is 2. The number of aromatic nitrogens is 2. The molecule has 2 rings (SSSR count). The van der Waals surface area contributed by atoms with Crippen LogP contribution in [0.1, 0.15) is 18.2 Å². The van der Waals surface area contributed by atoms with Gasteiger partial charge >= 0.3 is 0 Å². The minimum atomic E-state index is 0.129. The van der Waals surface area contributed by atoms with Crippen molar-refractivity contribution < 1.29 is 5.11 Å². The Morgan fingerprint density at radius 3 is 2.75 bits per heavy atom. The quantitative estimate of drug-likeness (QED) is 0.626. The van der Waals surface area contributed by atoms with Crippen LogP contribution in [0.4, 0.5) is 0 Å². The van der Waals surface area contributed by atoms with Crippen LogP contribution in [-0.4, -0.2) is 28.2 Å². The van der Waals surface area contributed by atoms with E-state index in [1.807, 2.05) is 0 Å². The summed E-state index contributed by atoms with van der Waals surface area (Å²) >= 11 is 0. The van der Waals surface area contributed by atoms with Crippen LogP contribution in [0.3, 0.4) is 0 Å². The van der Waals surface area contributed by atoms with E-state index in [1.165, 1.54) is 12.4 Å². The molecule has 1 fully saturated rings. The maximum atomic E-state index is 8.96. The number of aromatic hydroxyl groups is 1. The van der Waals surface area contributed by atoms with Crippen LogP contribution in [0, 0.1) is 0 Å². The van der Waals surface area contributed by atoms with E-state index in [-0.39, 0.29) is 5.75 Å². The first-order valence-electron chi connectivity index (χ1n) is 4.08. The molecule has 1 saturated heterocycles. The molecule has 1 unspecified atom stereocenters. The average Bonchev–Trinajstić information content (AvgIpc) is 2.58. The summed E-state index contributed by atoms with van der Waals surface area (Å²) in [5.74, 6) is 1.38. The third-order valence-electron chi connectivity index (χ3n) is 2.08. The molecule has 0 spiro atoms. The average molecular weight is 165 g/mol. The predicted octanol–water partition coefficient (Wildman–Crippen LogP) is 0.259. The van der Waals surface area contributed by atoms with Crippen LogP contribution in [-0.2, 0) is 0 Å². The lowest BCUT2D eigenvalue weighted by atomic mass is 10.1. The van der Waals surface area contributed by atoms with Crippen molar-refractivity contribution in [3.63, 3.8) is 0 Å². The Morgan fingerprint density at radius 1 is 1.42 bits per heavy atom. The van der Waals surface area contributed by atoms with E-state index in [4.69, 9.17) is 5.11 Å². The maximum absolute atomic E-state index is 8.96. The van der Waals surface area contributed by atoms with Crippen LogP contribution in [0.25, 0.3) is 0 Å². The lowest BCUT2D eigenvalue weighted by Gasteiger charge is -2.04. The van der Waals surface area contributed by atoms with E-state index in [0.29, 0.717) is 5.92 Å². The second-order valence-corrected chi connectivity index (χ2v) is 2.99. The molecule has 0 bridgehead atoms. The molecule has 64 valence electrons. The molecular formula is C8H11N3O. The molecule has 4 nitrogen and oxygen atoms in total. The van der Waals surface area contributed by atoms with Crippen molar-refractivity contribution in [3.8, 4) is 5.75 Å². The molecule has 1 aliphatic heterocycles. The van der Waals surface area contributed by atoms with Gasteiger partial charge in [-0.05, 0) is 13.0 Å². The molecule has 1 aliphatic rings. The Labute approximate surface area is 70.7 Å². The molecular weight excluding hydrogens is 154 g/mol. The van der Waals surface area contributed by atoms with Crippen LogP contribution < -0.4 is 5.32 Å². The van der Waals surface area contributed by atoms with E-state index in [1.54, 1.807) is 0 Å². The van der Waals surface area contributed by atoms with E-state index in [0.717, 1.165) is 25.3 Å². The van der Waals surface area contributed by atoms with E-state index in [9.17, 15) is 0 Å². The molecule has 2 N–H and O–H groups in total. The van der Waals surface area contributed by atoms with Gasteiger partial charge in [-0.2, -0.15) is 0 Å². The fraction of sp³-hybridized carbons (Fsp3) is 0.500. The third-order valence-corrected chi connectivity index (χ3v) is 2.08. The standard InChI is InChI=1S/C8H11N3O/c12-7-4-10-8(11-5-7)6-1-2-9-3-6/h4-6,9,12H,1-3H2.